The third kappa shape index (κ3) is 3.28. The summed E-state index contributed by atoms with van der Waals surface area (Å²) in [6.07, 6.45) is 3.34. The topological polar surface area (TPSA) is 98.3 Å². The van der Waals surface area contributed by atoms with E-state index in [9.17, 15) is 14.7 Å². The highest BCUT2D eigenvalue weighted by atomic mass is 16.4. The zero-order valence-electron chi connectivity index (χ0n) is 12.5. The number of carboxylic acids is 1. The van der Waals surface area contributed by atoms with E-state index in [1.807, 2.05) is 0 Å². The highest BCUT2D eigenvalue weighted by Crippen LogP contribution is 2.30. The molecule has 1 aromatic rings. The number of hydrogen-bond acceptors (Lipinski definition) is 3. The number of carbonyl (C=O) groups excluding carboxylic acids is 1. The number of hydrogen-bond donors (Lipinski definition) is 3. The molecule has 0 bridgehead atoms. The van der Waals surface area contributed by atoms with Gasteiger partial charge in [-0.3, -0.25) is 9.89 Å². The highest BCUT2D eigenvalue weighted by molar-refractivity contribution is 5.79. The fourth-order valence-corrected chi connectivity index (χ4v) is 1.50. The standard InChI is InChI=1S/C13H22N4O3/c1-12(2,10(18)19)13(3,4)16-11(20)17(5)8-9-6-14-15-7-9/h6-7H,8H2,1-5H3,(H,14,15)(H,16,20)(H,18,19). The molecule has 0 saturated carbocycles. The molecule has 1 heterocycles. The number of H-pyrrole nitrogens is 1. The van der Waals surface area contributed by atoms with E-state index in [-0.39, 0.29) is 6.03 Å². The maximum Gasteiger partial charge on any atom is 0.317 e. The summed E-state index contributed by atoms with van der Waals surface area (Å²) in [7, 11) is 1.65. The predicted molar refractivity (Wildman–Crippen MR) is 74.1 cm³/mol. The summed E-state index contributed by atoms with van der Waals surface area (Å²) in [5, 5.41) is 18.5. The molecule has 112 valence electrons. The molecule has 3 N–H and O–H groups in total. The maximum absolute atomic E-state index is 12.1. The minimum absolute atomic E-state index is 0.328. The molecule has 0 radical (unpaired) electrons. The molecular formula is C13H22N4O3. The van der Waals surface area contributed by atoms with Crippen LogP contribution in [0.3, 0.4) is 0 Å². The summed E-state index contributed by atoms with van der Waals surface area (Å²) < 4.78 is 0. The van der Waals surface area contributed by atoms with Gasteiger partial charge in [0, 0.05) is 18.8 Å². The minimum Gasteiger partial charge on any atom is -0.481 e. The molecule has 1 rings (SSSR count). The molecule has 2 amide bonds. The number of carbonyl (C=O) groups is 2. The quantitative estimate of drug-likeness (QED) is 0.761. The molecule has 7 heteroatoms. The van der Waals surface area contributed by atoms with Crippen molar-refractivity contribution in [3.05, 3.63) is 18.0 Å². The molecule has 0 aliphatic rings. The lowest BCUT2D eigenvalue weighted by atomic mass is 9.74. The number of amides is 2. The van der Waals surface area contributed by atoms with Gasteiger partial charge in [0.1, 0.15) is 0 Å². The van der Waals surface area contributed by atoms with E-state index in [0.717, 1.165) is 5.56 Å². The third-order valence-electron chi connectivity index (χ3n) is 3.84. The van der Waals surface area contributed by atoms with Crippen molar-refractivity contribution in [2.24, 2.45) is 5.41 Å². The van der Waals surface area contributed by atoms with Gasteiger partial charge in [0.05, 0.1) is 23.7 Å². The molecule has 0 aromatic carbocycles. The molecular weight excluding hydrogens is 260 g/mol. The fourth-order valence-electron chi connectivity index (χ4n) is 1.50. The van der Waals surface area contributed by atoms with Crippen molar-refractivity contribution in [1.82, 2.24) is 20.4 Å². The van der Waals surface area contributed by atoms with E-state index in [0.29, 0.717) is 6.54 Å². The first-order chi connectivity index (χ1) is 9.08. The molecule has 1 aromatic heterocycles. The number of urea groups is 1. The first-order valence-corrected chi connectivity index (χ1v) is 6.32. The van der Waals surface area contributed by atoms with E-state index in [1.54, 1.807) is 47.1 Å². The molecule has 0 aliphatic carbocycles. The van der Waals surface area contributed by atoms with Crippen LogP contribution in [0.4, 0.5) is 4.79 Å². The first-order valence-electron chi connectivity index (χ1n) is 6.32. The lowest BCUT2D eigenvalue weighted by Gasteiger charge is -2.39. The van der Waals surface area contributed by atoms with Gasteiger partial charge in [-0.25, -0.2) is 4.79 Å². The van der Waals surface area contributed by atoms with Crippen molar-refractivity contribution in [2.75, 3.05) is 7.05 Å². The van der Waals surface area contributed by atoms with Gasteiger partial charge >= 0.3 is 12.0 Å². The van der Waals surface area contributed by atoms with Crippen LogP contribution in [0.1, 0.15) is 33.3 Å². The van der Waals surface area contributed by atoms with Crippen LogP contribution in [-0.2, 0) is 11.3 Å². The number of aromatic nitrogens is 2. The summed E-state index contributed by atoms with van der Waals surface area (Å²) in [5.74, 6) is -0.958. The maximum atomic E-state index is 12.1. The van der Waals surface area contributed by atoms with Gasteiger partial charge in [-0.15, -0.1) is 0 Å². The van der Waals surface area contributed by atoms with Crippen molar-refractivity contribution in [3.63, 3.8) is 0 Å². The minimum atomic E-state index is -1.08. The third-order valence-corrected chi connectivity index (χ3v) is 3.84. The number of aromatic amines is 1. The Balaban J connectivity index is 2.71. The Morgan fingerprint density at radius 1 is 1.40 bits per heavy atom. The van der Waals surface area contributed by atoms with Crippen LogP contribution in [0, 0.1) is 5.41 Å². The summed E-state index contributed by atoms with van der Waals surface area (Å²) in [4.78, 5) is 24.9. The second-order valence-corrected chi connectivity index (χ2v) is 5.95. The fraction of sp³-hybridized carbons (Fsp3) is 0.615. The van der Waals surface area contributed by atoms with Gasteiger partial charge in [-0.05, 0) is 27.7 Å². The zero-order valence-corrected chi connectivity index (χ0v) is 12.5. The van der Waals surface area contributed by atoms with Crippen LogP contribution in [0.2, 0.25) is 0 Å². The van der Waals surface area contributed by atoms with E-state index in [2.05, 4.69) is 15.5 Å². The van der Waals surface area contributed by atoms with Crippen molar-refractivity contribution >= 4 is 12.0 Å². The summed E-state index contributed by atoms with van der Waals surface area (Å²) >= 11 is 0. The Kier molecular flexibility index (Phi) is 4.42. The van der Waals surface area contributed by atoms with Crippen LogP contribution in [0.5, 0.6) is 0 Å². The van der Waals surface area contributed by atoms with E-state index in [1.165, 1.54) is 4.90 Å². The average molecular weight is 282 g/mol. The Morgan fingerprint density at radius 3 is 2.45 bits per heavy atom. The molecule has 0 unspecified atom stereocenters. The van der Waals surface area contributed by atoms with Crippen LogP contribution < -0.4 is 5.32 Å². The van der Waals surface area contributed by atoms with Crippen molar-refractivity contribution in [2.45, 2.75) is 39.8 Å². The average Bonchev–Trinajstić information content (AvgIpc) is 2.80. The number of nitrogens with zero attached hydrogens (tertiary/aromatic N) is 2. The lowest BCUT2D eigenvalue weighted by Crippen LogP contribution is -2.59. The molecule has 0 spiro atoms. The summed E-state index contributed by atoms with van der Waals surface area (Å²) in [5.41, 5.74) is -1.10. The predicted octanol–water partition coefficient (Wildman–Crippen LogP) is 1.44. The second kappa shape index (κ2) is 5.52. The van der Waals surface area contributed by atoms with Crippen molar-refractivity contribution < 1.29 is 14.7 Å². The van der Waals surface area contributed by atoms with Gasteiger partial charge in [-0.1, -0.05) is 0 Å². The normalized spacial score (nSPS) is 12.1. The molecule has 0 saturated heterocycles. The number of nitrogens with one attached hydrogen (secondary N) is 2. The summed E-state index contributed by atoms with van der Waals surface area (Å²) in [6, 6.07) is -0.328. The zero-order chi connectivity index (χ0) is 15.6. The Bertz CT molecular complexity index is 480. The molecule has 0 atom stereocenters. The Labute approximate surface area is 118 Å². The Morgan fingerprint density at radius 2 is 2.00 bits per heavy atom. The monoisotopic (exact) mass is 282 g/mol. The SMILES string of the molecule is CN(Cc1cn[nH]c1)C(=O)NC(C)(C)C(C)(C)C(=O)O. The van der Waals surface area contributed by atoms with E-state index >= 15 is 0 Å². The van der Waals surface area contributed by atoms with Gasteiger partial charge < -0.3 is 15.3 Å². The smallest absolute Gasteiger partial charge is 0.317 e. The number of rotatable bonds is 5. The molecule has 7 nitrogen and oxygen atoms in total. The Hall–Kier alpha value is -2.05. The van der Waals surface area contributed by atoms with Gasteiger partial charge in [0.25, 0.3) is 0 Å². The van der Waals surface area contributed by atoms with Gasteiger partial charge in [-0.2, -0.15) is 5.10 Å². The van der Waals surface area contributed by atoms with E-state index < -0.39 is 16.9 Å². The van der Waals surface area contributed by atoms with Crippen LogP contribution in [0.25, 0.3) is 0 Å². The number of carboxylic acid groups (broad SMARTS) is 1. The molecule has 0 fully saturated rings. The van der Waals surface area contributed by atoms with Crippen molar-refractivity contribution in [3.8, 4) is 0 Å². The van der Waals surface area contributed by atoms with E-state index in [4.69, 9.17) is 0 Å². The first kappa shape index (κ1) is 16.0. The highest BCUT2D eigenvalue weighted by Gasteiger charge is 2.44. The molecule has 20 heavy (non-hydrogen) atoms. The van der Waals surface area contributed by atoms with Gasteiger partial charge in [0.15, 0.2) is 0 Å². The largest absolute Gasteiger partial charge is 0.481 e. The van der Waals surface area contributed by atoms with Crippen molar-refractivity contribution in [1.29, 1.82) is 0 Å². The van der Waals surface area contributed by atoms with Gasteiger partial charge in [0.2, 0.25) is 0 Å². The lowest BCUT2D eigenvalue weighted by molar-refractivity contribution is -0.150. The number of aliphatic carboxylic acids is 1. The van der Waals surface area contributed by atoms with Crippen LogP contribution in [-0.4, -0.2) is 44.8 Å². The van der Waals surface area contributed by atoms with Crippen LogP contribution >= 0.6 is 0 Å². The molecule has 0 aliphatic heterocycles. The van der Waals surface area contributed by atoms with Crippen LogP contribution in [0.15, 0.2) is 12.4 Å². The second-order valence-electron chi connectivity index (χ2n) is 5.95. The summed E-state index contributed by atoms with van der Waals surface area (Å²) in [6.45, 7) is 6.97.